The maximum Gasteiger partial charge on any atom is 0.251 e. The molecule has 0 spiro atoms. The van der Waals surface area contributed by atoms with Gasteiger partial charge in [0.25, 0.3) is 5.91 Å². The molecule has 2 amide bonds. The minimum atomic E-state index is -0.229. The molecule has 0 unspecified atom stereocenters. The first-order valence-electron chi connectivity index (χ1n) is 8.27. The largest absolute Gasteiger partial charge is 0.354 e. The number of amides is 2. The van der Waals surface area contributed by atoms with E-state index in [1.807, 2.05) is 26.0 Å². The van der Waals surface area contributed by atoms with Crippen LogP contribution in [0.5, 0.6) is 0 Å². The lowest BCUT2D eigenvalue weighted by Gasteiger charge is -2.08. The first kappa shape index (κ1) is 19.1. The molecular weight excluding hydrogens is 332 g/mol. The normalized spacial score (nSPS) is 10.4. The quantitative estimate of drug-likeness (QED) is 0.591. The average molecular weight is 356 g/mol. The number of carbonyl (C=O) groups excluding carboxylic acids is 2. The highest BCUT2D eigenvalue weighted by atomic mass is 32.2. The summed E-state index contributed by atoms with van der Waals surface area (Å²) < 4.78 is 0. The van der Waals surface area contributed by atoms with E-state index in [2.05, 4.69) is 41.8 Å². The van der Waals surface area contributed by atoms with Gasteiger partial charge in [-0.2, -0.15) is 0 Å². The van der Waals surface area contributed by atoms with Crippen LogP contribution in [-0.2, 0) is 4.79 Å². The number of rotatable bonds is 7. The fourth-order valence-corrected chi connectivity index (χ4v) is 2.97. The van der Waals surface area contributed by atoms with Crippen molar-refractivity contribution in [2.45, 2.75) is 25.7 Å². The van der Waals surface area contributed by atoms with Crippen LogP contribution in [0.2, 0.25) is 0 Å². The van der Waals surface area contributed by atoms with Crippen LogP contribution in [-0.4, -0.2) is 30.7 Å². The average Bonchev–Trinajstić information content (AvgIpc) is 2.60. The molecule has 0 atom stereocenters. The molecule has 0 bridgehead atoms. The summed E-state index contributed by atoms with van der Waals surface area (Å²) in [7, 11) is 0. The molecule has 2 N–H and O–H groups in total. The molecule has 0 aromatic heterocycles. The Labute approximate surface area is 153 Å². The van der Waals surface area contributed by atoms with Gasteiger partial charge in [-0.05, 0) is 56.2 Å². The lowest BCUT2D eigenvalue weighted by molar-refractivity contribution is -0.120. The van der Waals surface area contributed by atoms with Crippen LogP contribution in [0.25, 0.3) is 0 Å². The van der Waals surface area contributed by atoms with Crippen molar-refractivity contribution >= 4 is 23.6 Å². The molecule has 5 heteroatoms. The van der Waals surface area contributed by atoms with Crippen LogP contribution >= 0.6 is 11.8 Å². The molecule has 4 nitrogen and oxygen atoms in total. The van der Waals surface area contributed by atoms with Crippen LogP contribution in [0, 0.1) is 20.8 Å². The molecule has 0 fully saturated rings. The summed E-state index contributed by atoms with van der Waals surface area (Å²) in [5, 5.41) is 5.47. The van der Waals surface area contributed by atoms with Crippen molar-refractivity contribution < 1.29 is 9.59 Å². The number of nitrogens with one attached hydrogen (secondary N) is 2. The van der Waals surface area contributed by atoms with Gasteiger partial charge in [-0.3, -0.25) is 9.59 Å². The predicted octanol–water partition coefficient (Wildman–Crippen LogP) is 3.25. The van der Waals surface area contributed by atoms with Gasteiger partial charge in [0.05, 0.1) is 6.54 Å². The summed E-state index contributed by atoms with van der Waals surface area (Å²) in [4.78, 5) is 25.1. The maximum absolute atomic E-state index is 12.1. The summed E-state index contributed by atoms with van der Waals surface area (Å²) in [6.07, 6.45) is 0. The molecule has 2 aromatic rings. The van der Waals surface area contributed by atoms with Crippen LogP contribution < -0.4 is 10.6 Å². The standard InChI is InChI=1S/C20H24N2O2S/c1-14-4-8-18(9-5-14)25-11-10-21-19(23)13-22-20(24)17-7-6-15(2)16(3)12-17/h4-9,12H,10-11,13H2,1-3H3,(H,21,23)(H,22,24). The number of hydrogen-bond donors (Lipinski definition) is 2. The van der Waals surface area contributed by atoms with E-state index >= 15 is 0 Å². The molecule has 0 saturated heterocycles. The molecule has 132 valence electrons. The molecule has 25 heavy (non-hydrogen) atoms. The van der Waals surface area contributed by atoms with Crippen molar-refractivity contribution in [2.75, 3.05) is 18.8 Å². The van der Waals surface area contributed by atoms with Crippen molar-refractivity contribution in [1.82, 2.24) is 10.6 Å². The molecule has 2 rings (SSSR count). The van der Waals surface area contributed by atoms with E-state index < -0.39 is 0 Å². The third-order valence-corrected chi connectivity index (χ3v) is 4.91. The Kier molecular flexibility index (Phi) is 7.07. The Morgan fingerprint density at radius 2 is 1.64 bits per heavy atom. The molecule has 0 radical (unpaired) electrons. The molecule has 0 aliphatic carbocycles. The van der Waals surface area contributed by atoms with Gasteiger partial charge in [0.15, 0.2) is 0 Å². The molecule has 0 saturated carbocycles. The predicted molar refractivity (Wildman–Crippen MR) is 103 cm³/mol. The summed E-state index contributed by atoms with van der Waals surface area (Å²) in [5.74, 6) is 0.383. The molecule has 0 aliphatic rings. The molecule has 0 aliphatic heterocycles. The third kappa shape index (κ3) is 6.27. The second-order valence-corrected chi connectivity index (χ2v) is 7.16. The number of aryl methyl sites for hydroxylation is 3. The second kappa shape index (κ2) is 9.28. The maximum atomic E-state index is 12.1. The van der Waals surface area contributed by atoms with Gasteiger partial charge in [0.1, 0.15) is 0 Å². The minimum absolute atomic E-state index is 0.0129. The van der Waals surface area contributed by atoms with Gasteiger partial charge in [-0.25, -0.2) is 0 Å². The Balaban J connectivity index is 1.67. The van der Waals surface area contributed by atoms with E-state index in [1.165, 1.54) is 10.5 Å². The highest BCUT2D eigenvalue weighted by molar-refractivity contribution is 7.99. The summed E-state index contributed by atoms with van der Waals surface area (Å²) >= 11 is 1.69. The van der Waals surface area contributed by atoms with Gasteiger partial charge < -0.3 is 10.6 Å². The number of thioether (sulfide) groups is 1. The van der Waals surface area contributed by atoms with Crippen LogP contribution in [0.4, 0.5) is 0 Å². The van der Waals surface area contributed by atoms with E-state index in [1.54, 1.807) is 17.8 Å². The number of benzene rings is 2. The highest BCUT2D eigenvalue weighted by Crippen LogP contribution is 2.17. The van der Waals surface area contributed by atoms with Crippen LogP contribution in [0.1, 0.15) is 27.0 Å². The Bertz CT molecular complexity index is 742. The number of carbonyl (C=O) groups is 2. The van der Waals surface area contributed by atoms with Crippen LogP contribution in [0.15, 0.2) is 47.4 Å². The Morgan fingerprint density at radius 1 is 0.920 bits per heavy atom. The zero-order valence-corrected chi connectivity index (χ0v) is 15.7. The first-order valence-corrected chi connectivity index (χ1v) is 9.26. The van der Waals surface area contributed by atoms with Crippen molar-refractivity contribution in [2.24, 2.45) is 0 Å². The molecular formula is C20H24N2O2S. The highest BCUT2D eigenvalue weighted by Gasteiger charge is 2.08. The van der Waals surface area contributed by atoms with E-state index in [-0.39, 0.29) is 18.4 Å². The van der Waals surface area contributed by atoms with Crippen molar-refractivity contribution in [3.63, 3.8) is 0 Å². The third-order valence-electron chi connectivity index (χ3n) is 3.89. The van der Waals surface area contributed by atoms with Crippen molar-refractivity contribution in [3.05, 3.63) is 64.7 Å². The Morgan fingerprint density at radius 3 is 2.32 bits per heavy atom. The van der Waals surface area contributed by atoms with Gasteiger partial charge in [-0.15, -0.1) is 11.8 Å². The fraction of sp³-hybridized carbons (Fsp3) is 0.300. The van der Waals surface area contributed by atoms with Gasteiger partial charge in [-0.1, -0.05) is 23.8 Å². The monoisotopic (exact) mass is 356 g/mol. The van der Waals surface area contributed by atoms with E-state index in [4.69, 9.17) is 0 Å². The number of hydrogen-bond acceptors (Lipinski definition) is 3. The molecule has 0 heterocycles. The topological polar surface area (TPSA) is 58.2 Å². The lowest BCUT2D eigenvalue weighted by Crippen LogP contribution is -2.37. The summed E-state index contributed by atoms with van der Waals surface area (Å²) in [5.41, 5.74) is 4.01. The zero-order chi connectivity index (χ0) is 18.2. The Hall–Kier alpha value is -2.27. The zero-order valence-electron chi connectivity index (χ0n) is 14.9. The van der Waals surface area contributed by atoms with Gasteiger partial charge in [0.2, 0.25) is 5.91 Å². The SMILES string of the molecule is Cc1ccc(SCCNC(=O)CNC(=O)c2ccc(C)c(C)c2)cc1. The van der Waals surface area contributed by atoms with Crippen molar-refractivity contribution in [1.29, 1.82) is 0 Å². The van der Waals surface area contributed by atoms with Gasteiger partial charge >= 0.3 is 0 Å². The summed E-state index contributed by atoms with van der Waals surface area (Å²) in [6.45, 7) is 6.57. The molecule has 2 aromatic carbocycles. The second-order valence-electron chi connectivity index (χ2n) is 5.99. The lowest BCUT2D eigenvalue weighted by atomic mass is 10.1. The van der Waals surface area contributed by atoms with E-state index in [0.29, 0.717) is 12.1 Å². The van der Waals surface area contributed by atoms with Crippen LogP contribution in [0.3, 0.4) is 0 Å². The fourth-order valence-electron chi connectivity index (χ4n) is 2.20. The van der Waals surface area contributed by atoms with Crippen molar-refractivity contribution in [3.8, 4) is 0 Å². The minimum Gasteiger partial charge on any atom is -0.354 e. The summed E-state index contributed by atoms with van der Waals surface area (Å²) in [6, 6.07) is 13.8. The first-order chi connectivity index (χ1) is 12.0. The smallest absolute Gasteiger partial charge is 0.251 e. The van der Waals surface area contributed by atoms with Gasteiger partial charge in [0, 0.05) is 22.8 Å². The van der Waals surface area contributed by atoms with E-state index in [0.717, 1.165) is 16.9 Å². The van der Waals surface area contributed by atoms with E-state index in [9.17, 15) is 9.59 Å².